The minimum Gasteiger partial charge on any atom is -0.481 e. The maximum Gasteiger partial charge on any atom is 0.311 e. The lowest BCUT2D eigenvalue weighted by molar-refractivity contribution is -0.144. The van der Waals surface area contributed by atoms with E-state index in [-0.39, 0.29) is 12.5 Å². The summed E-state index contributed by atoms with van der Waals surface area (Å²) in [6.07, 6.45) is 7.01. The van der Waals surface area contributed by atoms with Crippen molar-refractivity contribution in [2.24, 2.45) is 11.3 Å². The minimum atomic E-state index is -0.905. The van der Waals surface area contributed by atoms with E-state index >= 15 is 0 Å². The van der Waals surface area contributed by atoms with Gasteiger partial charge >= 0.3 is 5.97 Å². The second-order valence-corrected chi connectivity index (χ2v) is 4.96. The van der Waals surface area contributed by atoms with Gasteiger partial charge in [-0.05, 0) is 11.5 Å². The number of hydrogen-bond acceptors (Lipinski definition) is 2. The van der Waals surface area contributed by atoms with Crippen molar-refractivity contribution in [2.75, 3.05) is 6.61 Å². The molecule has 3 heteroatoms. The number of aliphatic hydroxyl groups is 1. The first-order chi connectivity index (χ1) is 9.12. The Morgan fingerprint density at radius 2 is 2.00 bits per heavy atom. The number of rotatable bonds is 4. The fraction of sp³-hybridized carbons (Fsp3) is 0.312. The topological polar surface area (TPSA) is 57.5 Å². The molecule has 2 N–H and O–H groups in total. The summed E-state index contributed by atoms with van der Waals surface area (Å²) >= 11 is 0. The zero-order chi connectivity index (χ0) is 13.9. The third kappa shape index (κ3) is 2.34. The number of carbonyl (C=O) groups is 1. The summed E-state index contributed by atoms with van der Waals surface area (Å²) in [6.45, 7) is 1.77. The van der Waals surface area contributed by atoms with Crippen LogP contribution in [0.25, 0.3) is 0 Å². The highest BCUT2D eigenvalue weighted by Gasteiger charge is 2.45. The van der Waals surface area contributed by atoms with E-state index in [0.29, 0.717) is 0 Å². The maximum absolute atomic E-state index is 11.5. The quantitative estimate of drug-likeness (QED) is 0.872. The van der Waals surface area contributed by atoms with Gasteiger partial charge in [0.25, 0.3) is 0 Å². The number of allylic oxidation sites excluding steroid dienone is 2. The molecular weight excluding hydrogens is 240 g/mol. The standard InChI is InChI=1S/C16H18O3/c1-12(13-7-3-2-4-8-13)16(11-17)10-6-5-9-14(16)15(18)19/h2-10,12,14,17H,11H2,1H3,(H,18,19). The summed E-state index contributed by atoms with van der Waals surface area (Å²) in [4.78, 5) is 11.5. The molecule has 19 heavy (non-hydrogen) atoms. The third-order valence-corrected chi connectivity index (χ3v) is 4.05. The molecule has 0 aromatic heterocycles. The van der Waals surface area contributed by atoms with Crippen LogP contribution in [0.3, 0.4) is 0 Å². The molecule has 2 rings (SSSR count). The number of aliphatic hydroxyl groups excluding tert-OH is 1. The largest absolute Gasteiger partial charge is 0.481 e. The molecule has 3 unspecified atom stereocenters. The molecule has 0 aliphatic heterocycles. The molecule has 0 heterocycles. The van der Waals surface area contributed by atoms with Gasteiger partial charge in [-0.3, -0.25) is 4.79 Å². The fourth-order valence-corrected chi connectivity index (χ4v) is 2.76. The summed E-state index contributed by atoms with van der Waals surface area (Å²) in [6, 6.07) is 9.71. The highest BCUT2D eigenvalue weighted by Crippen LogP contribution is 2.45. The Bertz CT molecular complexity index is 504. The average Bonchev–Trinajstić information content (AvgIpc) is 2.47. The fourth-order valence-electron chi connectivity index (χ4n) is 2.76. The molecule has 0 fully saturated rings. The van der Waals surface area contributed by atoms with Gasteiger partial charge in [0.1, 0.15) is 0 Å². The molecule has 0 spiro atoms. The van der Waals surface area contributed by atoms with Crippen molar-refractivity contribution >= 4 is 5.97 Å². The summed E-state index contributed by atoms with van der Waals surface area (Å²) in [5, 5.41) is 19.2. The van der Waals surface area contributed by atoms with Crippen LogP contribution in [0, 0.1) is 11.3 Å². The predicted molar refractivity (Wildman–Crippen MR) is 73.8 cm³/mol. The van der Waals surface area contributed by atoms with Crippen molar-refractivity contribution in [2.45, 2.75) is 12.8 Å². The summed E-state index contributed by atoms with van der Waals surface area (Å²) in [5.74, 6) is -1.70. The Kier molecular flexibility index (Phi) is 3.86. The van der Waals surface area contributed by atoms with E-state index < -0.39 is 17.3 Å². The van der Waals surface area contributed by atoms with Crippen LogP contribution < -0.4 is 0 Å². The number of carboxylic acid groups (broad SMARTS) is 1. The number of benzene rings is 1. The Morgan fingerprint density at radius 1 is 1.32 bits per heavy atom. The maximum atomic E-state index is 11.5. The Hall–Kier alpha value is -1.87. The van der Waals surface area contributed by atoms with Gasteiger partial charge in [-0.2, -0.15) is 0 Å². The lowest BCUT2D eigenvalue weighted by atomic mass is 9.63. The van der Waals surface area contributed by atoms with Crippen LogP contribution in [-0.4, -0.2) is 22.8 Å². The zero-order valence-electron chi connectivity index (χ0n) is 10.9. The number of aliphatic carboxylic acids is 1. The molecule has 0 saturated carbocycles. The first kappa shape index (κ1) is 13.6. The Labute approximate surface area is 112 Å². The van der Waals surface area contributed by atoms with Gasteiger partial charge in [0, 0.05) is 5.41 Å². The highest BCUT2D eigenvalue weighted by molar-refractivity contribution is 5.74. The molecule has 100 valence electrons. The van der Waals surface area contributed by atoms with Crippen molar-refractivity contribution in [1.82, 2.24) is 0 Å². The number of hydrogen-bond donors (Lipinski definition) is 2. The molecule has 1 aliphatic carbocycles. The van der Waals surface area contributed by atoms with Crippen LogP contribution in [0.2, 0.25) is 0 Å². The second kappa shape index (κ2) is 5.41. The minimum absolute atomic E-state index is 0.0824. The van der Waals surface area contributed by atoms with E-state index in [1.807, 2.05) is 49.4 Å². The van der Waals surface area contributed by atoms with Crippen LogP contribution >= 0.6 is 0 Å². The molecule has 3 atom stereocenters. The molecule has 1 aliphatic rings. The smallest absolute Gasteiger partial charge is 0.311 e. The Balaban J connectivity index is 2.44. The summed E-state index contributed by atoms with van der Waals surface area (Å²) in [7, 11) is 0. The van der Waals surface area contributed by atoms with Crippen LogP contribution in [-0.2, 0) is 4.79 Å². The average molecular weight is 258 g/mol. The van der Waals surface area contributed by atoms with Gasteiger partial charge in [0.15, 0.2) is 0 Å². The van der Waals surface area contributed by atoms with E-state index in [4.69, 9.17) is 0 Å². The monoisotopic (exact) mass is 258 g/mol. The molecule has 3 nitrogen and oxygen atoms in total. The van der Waals surface area contributed by atoms with Crippen molar-refractivity contribution in [3.63, 3.8) is 0 Å². The molecule has 0 amide bonds. The number of carboxylic acids is 1. The van der Waals surface area contributed by atoms with E-state index in [2.05, 4.69) is 0 Å². The Morgan fingerprint density at radius 3 is 2.58 bits per heavy atom. The lowest BCUT2D eigenvalue weighted by Gasteiger charge is -2.40. The lowest BCUT2D eigenvalue weighted by Crippen LogP contribution is -2.41. The summed E-state index contributed by atoms with van der Waals surface area (Å²) in [5.41, 5.74) is 0.241. The molecule has 1 aromatic carbocycles. The van der Waals surface area contributed by atoms with Crippen molar-refractivity contribution in [1.29, 1.82) is 0 Å². The van der Waals surface area contributed by atoms with Gasteiger partial charge in [-0.1, -0.05) is 61.6 Å². The second-order valence-electron chi connectivity index (χ2n) is 4.96. The van der Waals surface area contributed by atoms with E-state index in [1.54, 1.807) is 12.2 Å². The van der Waals surface area contributed by atoms with Crippen molar-refractivity contribution in [3.8, 4) is 0 Å². The molecular formula is C16H18O3. The van der Waals surface area contributed by atoms with E-state index in [9.17, 15) is 15.0 Å². The van der Waals surface area contributed by atoms with Gasteiger partial charge in [-0.15, -0.1) is 0 Å². The highest BCUT2D eigenvalue weighted by atomic mass is 16.4. The van der Waals surface area contributed by atoms with Crippen LogP contribution in [0.1, 0.15) is 18.4 Å². The molecule has 0 radical (unpaired) electrons. The van der Waals surface area contributed by atoms with Crippen LogP contribution in [0.15, 0.2) is 54.6 Å². The van der Waals surface area contributed by atoms with Crippen molar-refractivity contribution < 1.29 is 15.0 Å². The van der Waals surface area contributed by atoms with Gasteiger partial charge in [0.2, 0.25) is 0 Å². The van der Waals surface area contributed by atoms with Crippen LogP contribution in [0.5, 0.6) is 0 Å². The van der Waals surface area contributed by atoms with Gasteiger partial charge in [0.05, 0.1) is 12.5 Å². The SMILES string of the molecule is CC(c1ccccc1)C1(CO)C=CC=CC1C(=O)O. The normalized spacial score (nSPS) is 27.2. The zero-order valence-corrected chi connectivity index (χ0v) is 10.9. The van der Waals surface area contributed by atoms with Gasteiger partial charge in [-0.25, -0.2) is 0 Å². The first-order valence-electron chi connectivity index (χ1n) is 6.36. The molecule has 0 bridgehead atoms. The molecule has 0 saturated heterocycles. The molecule has 1 aromatic rings. The van der Waals surface area contributed by atoms with E-state index in [1.165, 1.54) is 0 Å². The van der Waals surface area contributed by atoms with Crippen LogP contribution in [0.4, 0.5) is 0 Å². The van der Waals surface area contributed by atoms with Crippen molar-refractivity contribution in [3.05, 3.63) is 60.2 Å². The van der Waals surface area contributed by atoms with E-state index in [0.717, 1.165) is 5.56 Å². The van der Waals surface area contributed by atoms with Gasteiger partial charge < -0.3 is 10.2 Å². The first-order valence-corrected chi connectivity index (χ1v) is 6.36. The predicted octanol–water partition coefficient (Wildman–Crippen LogP) is 2.60. The summed E-state index contributed by atoms with van der Waals surface area (Å²) < 4.78 is 0. The third-order valence-electron chi connectivity index (χ3n) is 4.05.